The lowest BCUT2D eigenvalue weighted by atomic mass is 10.1. The molecule has 4 nitrogen and oxygen atoms in total. The molecule has 1 amide bonds. The first-order valence-corrected chi connectivity index (χ1v) is 10.2. The minimum atomic E-state index is 0.328. The second-order valence-electron chi connectivity index (χ2n) is 7.26. The number of unbranched alkanes of at least 4 members (excludes halogenated alkanes) is 6. The standard InChI is InChI=1S/C22H31NO3/c24-22(23-15-9-10-16-23)12-8-6-4-2-1-3-5-7-11-19-13-14-20-21(17-19)26-18-25-20/h7,11,13-14,17H,1-6,8-10,12,15-16,18H2/b11-7+. The minimum absolute atomic E-state index is 0.328. The molecule has 26 heavy (non-hydrogen) atoms. The normalized spacial score (nSPS) is 15.9. The number of hydrogen-bond donors (Lipinski definition) is 0. The van der Waals surface area contributed by atoms with E-state index in [0.717, 1.165) is 49.4 Å². The molecule has 142 valence electrons. The van der Waals surface area contributed by atoms with E-state index in [1.165, 1.54) is 44.9 Å². The molecule has 4 heteroatoms. The van der Waals surface area contributed by atoms with Crippen LogP contribution >= 0.6 is 0 Å². The van der Waals surface area contributed by atoms with Gasteiger partial charge < -0.3 is 14.4 Å². The van der Waals surface area contributed by atoms with Crippen molar-refractivity contribution in [1.29, 1.82) is 0 Å². The third-order valence-corrected chi connectivity index (χ3v) is 5.18. The van der Waals surface area contributed by atoms with E-state index >= 15 is 0 Å². The van der Waals surface area contributed by atoms with E-state index in [1.807, 2.05) is 17.0 Å². The van der Waals surface area contributed by atoms with Crippen LogP contribution in [0, 0.1) is 0 Å². The van der Waals surface area contributed by atoms with E-state index < -0.39 is 0 Å². The Morgan fingerprint density at radius 3 is 2.54 bits per heavy atom. The second kappa shape index (κ2) is 10.2. The molecule has 2 aliphatic rings. The summed E-state index contributed by atoms with van der Waals surface area (Å²) in [4.78, 5) is 14.0. The van der Waals surface area contributed by atoms with Crippen molar-refractivity contribution in [2.75, 3.05) is 19.9 Å². The van der Waals surface area contributed by atoms with Crippen LogP contribution in [0.25, 0.3) is 6.08 Å². The molecule has 1 fully saturated rings. The second-order valence-corrected chi connectivity index (χ2v) is 7.26. The van der Waals surface area contributed by atoms with Gasteiger partial charge >= 0.3 is 0 Å². The average Bonchev–Trinajstić information content (AvgIpc) is 3.34. The van der Waals surface area contributed by atoms with E-state index in [1.54, 1.807) is 0 Å². The molecule has 0 aliphatic carbocycles. The van der Waals surface area contributed by atoms with Gasteiger partial charge in [0.05, 0.1) is 0 Å². The Kier molecular flexibility index (Phi) is 7.41. The summed E-state index contributed by atoms with van der Waals surface area (Å²) in [6, 6.07) is 6.06. The predicted molar refractivity (Wildman–Crippen MR) is 104 cm³/mol. The van der Waals surface area contributed by atoms with Gasteiger partial charge in [0, 0.05) is 19.5 Å². The molecule has 0 saturated carbocycles. The average molecular weight is 357 g/mol. The fourth-order valence-corrected chi connectivity index (χ4v) is 3.61. The van der Waals surface area contributed by atoms with Gasteiger partial charge in [0.1, 0.15) is 0 Å². The number of carbonyl (C=O) groups is 1. The van der Waals surface area contributed by atoms with E-state index in [4.69, 9.17) is 9.47 Å². The van der Waals surface area contributed by atoms with Gasteiger partial charge in [-0.3, -0.25) is 4.79 Å². The molecule has 0 unspecified atom stereocenters. The Hall–Kier alpha value is -1.97. The summed E-state index contributed by atoms with van der Waals surface area (Å²) >= 11 is 0. The number of nitrogens with zero attached hydrogens (tertiary/aromatic N) is 1. The van der Waals surface area contributed by atoms with Crippen LogP contribution in [0.2, 0.25) is 0 Å². The summed E-state index contributed by atoms with van der Waals surface area (Å²) in [7, 11) is 0. The number of hydrogen-bond acceptors (Lipinski definition) is 3. The van der Waals surface area contributed by atoms with Crippen LogP contribution in [0.1, 0.15) is 69.8 Å². The van der Waals surface area contributed by atoms with Crippen LogP contribution in [-0.2, 0) is 4.79 Å². The third kappa shape index (κ3) is 5.79. The fourth-order valence-electron chi connectivity index (χ4n) is 3.61. The maximum atomic E-state index is 11.9. The summed E-state index contributed by atoms with van der Waals surface area (Å²) in [5, 5.41) is 0. The molecule has 2 heterocycles. The number of allylic oxidation sites excluding steroid dienone is 1. The summed E-state index contributed by atoms with van der Waals surface area (Å²) in [6.07, 6.45) is 15.9. The summed E-state index contributed by atoms with van der Waals surface area (Å²) in [6.45, 7) is 2.30. The number of carbonyl (C=O) groups excluding carboxylic acids is 1. The largest absolute Gasteiger partial charge is 0.454 e. The Bertz CT molecular complexity index is 605. The van der Waals surface area contributed by atoms with Crippen molar-refractivity contribution in [3.8, 4) is 11.5 Å². The van der Waals surface area contributed by atoms with Crippen molar-refractivity contribution < 1.29 is 14.3 Å². The summed E-state index contributed by atoms with van der Waals surface area (Å²) in [5.41, 5.74) is 1.16. The van der Waals surface area contributed by atoms with Gasteiger partial charge in [-0.15, -0.1) is 0 Å². The Morgan fingerprint density at radius 2 is 1.69 bits per heavy atom. The van der Waals surface area contributed by atoms with Gasteiger partial charge in [0.25, 0.3) is 0 Å². The zero-order valence-corrected chi connectivity index (χ0v) is 15.8. The highest BCUT2D eigenvalue weighted by molar-refractivity contribution is 5.76. The Balaban J connectivity index is 1.18. The van der Waals surface area contributed by atoms with Crippen molar-refractivity contribution in [1.82, 2.24) is 4.90 Å². The molecule has 2 aliphatic heterocycles. The number of ether oxygens (including phenoxy) is 2. The monoisotopic (exact) mass is 357 g/mol. The van der Waals surface area contributed by atoms with Crippen molar-refractivity contribution in [3.05, 3.63) is 29.8 Å². The zero-order chi connectivity index (χ0) is 18.0. The van der Waals surface area contributed by atoms with Gasteiger partial charge in [-0.2, -0.15) is 0 Å². The molecule has 0 spiro atoms. The van der Waals surface area contributed by atoms with Gasteiger partial charge in [-0.25, -0.2) is 0 Å². The molecular formula is C22H31NO3. The molecule has 1 aromatic rings. The van der Waals surface area contributed by atoms with Crippen molar-refractivity contribution in [2.24, 2.45) is 0 Å². The maximum absolute atomic E-state index is 11.9. The Morgan fingerprint density at radius 1 is 0.962 bits per heavy atom. The molecule has 0 atom stereocenters. The lowest BCUT2D eigenvalue weighted by molar-refractivity contribution is -0.130. The van der Waals surface area contributed by atoms with E-state index in [-0.39, 0.29) is 0 Å². The van der Waals surface area contributed by atoms with Gasteiger partial charge in [-0.1, -0.05) is 43.9 Å². The highest BCUT2D eigenvalue weighted by atomic mass is 16.7. The van der Waals surface area contributed by atoms with Crippen molar-refractivity contribution in [2.45, 2.75) is 64.2 Å². The quantitative estimate of drug-likeness (QED) is 0.542. The van der Waals surface area contributed by atoms with Gasteiger partial charge in [0.2, 0.25) is 12.7 Å². The molecule has 1 saturated heterocycles. The lowest BCUT2D eigenvalue weighted by Crippen LogP contribution is -2.27. The first kappa shape index (κ1) is 18.8. The fraction of sp³-hybridized carbons (Fsp3) is 0.591. The summed E-state index contributed by atoms with van der Waals surface area (Å²) in [5.74, 6) is 2.05. The van der Waals surface area contributed by atoms with Crippen LogP contribution in [-0.4, -0.2) is 30.7 Å². The molecule has 1 aromatic carbocycles. The summed E-state index contributed by atoms with van der Waals surface area (Å²) < 4.78 is 10.7. The number of rotatable bonds is 10. The van der Waals surface area contributed by atoms with Crippen molar-refractivity contribution >= 4 is 12.0 Å². The molecule has 0 N–H and O–H groups in total. The van der Waals surface area contributed by atoms with Crippen LogP contribution in [0.4, 0.5) is 0 Å². The number of amides is 1. The van der Waals surface area contributed by atoms with Gasteiger partial charge in [0.15, 0.2) is 11.5 Å². The lowest BCUT2D eigenvalue weighted by Gasteiger charge is -2.14. The molecule has 0 aromatic heterocycles. The third-order valence-electron chi connectivity index (χ3n) is 5.18. The number of fused-ring (bicyclic) bond motifs is 1. The molecule has 0 radical (unpaired) electrons. The van der Waals surface area contributed by atoms with E-state index in [0.29, 0.717) is 12.7 Å². The van der Waals surface area contributed by atoms with E-state index in [2.05, 4.69) is 18.2 Å². The zero-order valence-electron chi connectivity index (χ0n) is 15.8. The van der Waals surface area contributed by atoms with Gasteiger partial charge in [-0.05, 0) is 49.8 Å². The minimum Gasteiger partial charge on any atom is -0.454 e. The topological polar surface area (TPSA) is 38.8 Å². The Labute approximate surface area is 157 Å². The molecule has 3 rings (SSSR count). The first-order chi connectivity index (χ1) is 12.8. The number of benzene rings is 1. The molecule has 0 bridgehead atoms. The van der Waals surface area contributed by atoms with Crippen LogP contribution in [0.3, 0.4) is 0 Å². The van der Waals surface area contributed by atoms with Crippen LogP contribution in [0.15, 0.2) is 24.3 Å². The SMILES string of the molecule is O=C(CCCCCCCC/C=C/c1ccc2c(c1)OCO2)N1CCCC1. The van der Waals surface area contributed by atoms with E-state index in [9.17, 15) is 4.79 Å². The smallest absolute Gasteiger partial charge is 0.231 e. The highest BCUT2D eigenvalue weighted by Crippen LogP contribution is 2.32. The predicted octanol–water partition coefficient (Wildman–Crippen LogP) is 5.17. The first-order valence-electron chi connectivity index (χ1n) is 10.2. The number of likely N-dealkylation sites (tertiary alicyclic amines) is 1. The van der Waals surface area contributed by atoms with Crippen LogP contribution < -0.4 is 9.47 Å². The van der Waals surface area contributed by atoms with Crippen LogP contribution in [0.5, 0.6) is 11.5 Å². The van der Waals surface area contributed by atoms with Crippen molar-refractivity contribution in [3.63, 3.8) is 0 Å². The highest BCUT2D eigenvalue weighted by Gasteiger charge is 2.16. The maximum Gasteiger partial charge on any atom is 0.231 e. The molecular weight excluding hydrogens is 326 g/mol.